The lowest BCUT2D eigenvalue weighted by Crippen LogP contribution is -2.24. The number of carbonyl (C=O) groups is 1. The van der Waals surface area contributed by atoms with E-state index in [0.29, 0.717) is 24.7 Å². The van der Waals surface area contributed by atoms with Gasteiger partial charge in [0.2, 0.25) is 0 Å². The van der Waals surface area contributed by atoms with E-state index in [0.717, 1.165) is 25.8 Å². The van der Waals surface area contributed by atoms with E-state index in [1.165, 1.54) is 0 Å². The molecule has 0 spiro atoms. The fraction of sp³-hybridized carbons (Fsp3) is 0.130. The summed E-state index contributed by atoms with van der Waals surface area (Å²) in [5.41, 5.74) is 4.90. The van der Waals surface area contributed by atoms with Crippen LogP contribution in [-0.4, -0.2) is 18.9 Å². The number of hydrazone groups is 1. The van der Waals surface area contributed by atoms with Crippen molar-refractivity contribution in [3.05, 3.63) is 86.8 Å². The zero-order valence-corrected chi connectivity index (χ0v) is 19.9. The van der Waals surface area contributed by atoms with Crippen LogP contribution >= 0.6 is 31.9 Å². The van der Waals surface area contributed by atoms with Gasteiger partial charge in [-0.2, -0.15) is 5.10 Å². The minimum absolute atomic E-state index is 0.451. The summed E-state index contributed by atoms with van der Waals surface area (Å²) >= 11 is 6.97. The van der Waals surface area contributed by atoms with Gasteiger partial charge in [-0.3, -0.25) is 0 Å². The molecule has 0 aliphatic carbocycles. The van der Waals surface area contributed by atoms with Gasteiger partial charge in [-0.1, -0.05) is 50.1 Å². The van der Waals surface area contributed by atoms with E-state index in [9.17, 15) is 4.79 Å². The average molecular weight is 547 g/mol. The number of para-hydroxylation sites is 2. The number of nitrogens with zero attached hydrogens (tertiary/aromatic N) is 1. The van der Waals surface area contributed by atoms with Crippen LogP contribution in [-0.2, 0) is 6.61 Å². The molecule has 0 saturated carbocycles. The van der Waals surface area contributed by atoms with Gasteiger partial charge in [0.25, 0.3) is 0 Å². The van der Waals surface area contributed by atoms with Crippen LogP contribution < -0.4 is 20.2 Å². The van der Waals surface area contributed by atoms with Gasteiger partial charge in [0.05, 0.1) is 18.5 Å². The van der Waals surface area contributed by atoms with E-state index in [1.807, 2.05) is 61.5 Å². The monoisotopic (exact) mass is 545 g/mol. The molecular formula is C23H21Br2N3O3. The number of hydrogen-bond acceptors (Lipinski definition) is 4. The third-order valence-corrected chi connectivity index (χ3v) is 5.34. The molecule has 0 saturated heterocycles. The molecule has 0 aromatic heterocycles. The van der Waals surface area contributed by atoms with Crippen LogP contribution in [0.4, 0.5) is 10.5 Å². The second kappa shape index (κ2) is 11.5. The maximum atomic E-state index is 12.1. The average Bonchev–Trinajstić information content (AvgIpc) is 2.76. The quantitative estimate of drug-likeness (QED) is 0.255. The van der Waals surface area contributed by atoms with E-state index in [-0.39, 0.29) is 0 Å². The normalized spacial score (nSPS) is 10.7. The lowest BCUT2D eigenvalue weighted by molar-refractivity contribution is 0.252. The first-order chi connectivity index (χ1) is 15.0. The van der Waals surface area contributed by atoms with E-state index in [2.05, 4.69) is 47.7 Å². The van der Waals surface area contributed by atoms with Crippen LogP contribution in [0.15, 0.2) is 80.8 Å². The molecule has 0 atom stereocenters. The zero-order valence-electron chi connectivity index (χ0n) is 16.8. The molecule has 0 heterocycles. The standard InChI is InChI=1S/C23H21Br2N3O3/c1-2-30-22-6-4-3-5-21(22)27-23(29)28-26-14-16-7-11-19(12-8-16)31-15-17-9-10-18(24)13-20(17)25/h3-14H,2,15H2,1H3,(H2,27,28,29)/b26-14+. The van der Waals surface area contributed by atoms with E-state index >= 15 is 0 Å². The number of ether oxygens (including phenoxy) is 2. The van der Waals surface area contributed by atoms with Gasteiger partial charge < -0.3 is 14.8 Å². The smallest absolute Gasteiger partial charge is 0.339 e. The summed E-state index contributed by atoms with van der Waals surface area (Å²) in [6, 6.07) is 20.2. The summed E-state index contributed by atoms with van der Waals surface area (Å²) in [6.45, 7) is 2.85. The summed E-state index contributed by atoms with van der Waals surface area (Å²) in [7, 11) is 0. The van der Waals surface area contributed by atoms with E-state index in [1.54, 1.807) is 18.3 Å². The number of halogens is 2. The zero-order chi connectivity index (χ0) is 22.1. The maximum absolute atomic E-state index is 12.1. The molecule has 0 aliphatic rings. The Morgan fingerprint density at radius 2 is 1.81 bits per heavy atom. The Morgan fingerprint density at radius 1 is 1.03 bits per heavy atom. The largest absolute Gasteiger partial charge is 0.492 e. The molecular weight excluding hydrogens is 526 g/mol. The van der Waals surface area contributed by atoms with Crippen molar-refractivity contribution in [2.24, 2.45) is 5.10 Å². The van der Waals surface area contributed by atoms with Gasteiger partial charge in [0.1, 0.15) is 18.1 Å². The van der Waals surface area contributed by atoms with Crippen LogP contribution in [0.1, 0.15) is 18.1 Å². The third kappa shape index (κ3) is 7.11. The number of anilines is 1. The molecule has 3 rings (SSSR count). The number of urea groups is 1. The molecule has 0 fully saturated rings. The fourth-order valence-corrected chi connectivity index (χ4v) is 3.78. The van der Waals surface area contributed by atoms with Crippen molar-refractivity contribution >= 4 is 49.8 Å². The Morgan fingerprint density at radius 3 is 2.55 bits per heavy atom. The summed E-state index contributed by atoms with van der Waals surface area (Å²) in [4.78, 5) is 12.1. The van der Waals surface area contributed by atoms with E-state index < -0.39 is 6.03 Å². The first kappa shape index (κ1) is 22.8. The van der Waals surface area contributed by atoms with Crippen LogP contribution in [0.25, 0.3) is 0 Å². The summed E-state index contributed by atoms with van der Waals surface area (Å²) in [6.07, 6.45) is 1.56. The van der Waals surface area contributed by atoms with Crippen LogP contribution in [0.2, 0.25) is 0 Å². The molecule has 0 unspecified atom stereocenters. The highest BCUT2D eigenvalue weighted by molar-refractivity contribution is 9.11. The number of hydrogen-bond donors (Lipinski definition) is 2. The SMILES string of the molecule is CCOc1ccccc1NC(=O)N/N=C/c1ccc(OCc2ccc(Br)cc2Br)cc1. The van der Waals surface area contributed by atoms with E-state index in [4.69, 9.17) is 9.47 Å². The molecule has 0 radical (unpaired) electrons. The predicted octanol–water partition coefficient (Wildman–Crippen LogP) is 6.34. The molecule has 6 nitrogen and oxygen atoms in total. The molecule has 2 N–H and O–H groups in total. The van der Waals surface area contributed by atoms with Gasteiger partial charge in [-0.25, -0.2) is 10.2 Å². The van der Waals surface area contributed by atoms with Crippen molar-refractivity contribution in [2.45, 2.75) is 13.5 Å². The maximum Gasteiger partial charge on any atom is 0.339 e. The third-order valence-electron chi connectivity index (χ3n) is 4.10. The summed E-state index contributed by atoms with van der Waals surface area (Å²) in [5.74, 6) is 1.35. The highest BCUT2D eigenvalue weighted by atomic mass is 79.9. The van der Waals surface area contributed by atoms with Crippen LogP contribution in [0.5, 0.6) is 11.5 Å². The molecule has 8 heteroatoms. The molecule has 3 aromatic carbocycles. The molecule has 0 bridgehead atoms. The Hall–Kier alpha value is -2.84. The van der Waals surface area contributed by atoms with Crippen molar-refractivity contribution < 1.29 is 14.3 Å². The van der Waals surface area contributed by atoms with Gasteiger partial charge in [0, 0.05) is 14.5 Å². The van der Waals surface area contributed by atoms with Crippen LogP contribution in [0.3, 0.4) is 0 Å². The lowest BCUT2D eigenvalue weighted by Gasteiger charge is -2.10. The minimum Gasteiger partial charge on any atom is -0.492 e. The Bertz CT molecular complexity index is 1060. The highest BCUT2D eigenvalue weighted by Crippen LogP contribution is 2.24. The number of carbonyl (C=O) groups excluding carboxylic acids is 1. The lowest BCUT2D eigenvalue weighted by atomic mass is 10.2. The van der Waals surface area contributed by atoms with Crippen molar-refractivity contribution in [1.82, 2.24) is 5.43 Å². The van der Waals surface area contributed by atoms with Gasteiger partial charge in [-0.05, 0) is 61.0 Å². The van der Waals surface area contributed by atoms with Gasteiger partial charge >= 0.3 is 6.03 Å². The van der Waals surface area contributed by atoms with Gasteiger partial charge in [0.15, 0.2) is 0 Å². The summed E-state index contributed by atoms with van der Waals surface area (Å²) in [5, 5.41) is 6.69. The van der Waals surface area contributed by atoms with Crippen molar-refractivity contribution in [3.63, 3.8) is 0 Å². The molecule has 31 heavy (non-hydrogen) atoms. The number of nitrogens with one attached hydrogen (secondary N) is 2. The van der Waals surface area contributed by atoms with Crippen LogP contribution in [0, 0.1) is 0 Å². The number of amides is 2. The topological polar surface area (TPSA) is 72.0 Å². The molecule has 3 aromatic rings. The highest BCUT2D eigenvalue weighted by Gasteiger charge is 2.06. The van der Waals surface area contributed by atoms with Crippen molar-refractivity contribution in [3.8, 4) is 11.5 Å². The molecule has 2 amide bonds. The Balaban J connectivity index is 1.49. The number of benzene rings is 3. The molecule has 160 valence electrons. The fourth-order valence-electron chi connectivity index (χ4n) is 2.62. The minimum atomic E-state index is -0.455. The second-order valence-corrected chi connectivity index (χ2v) is 8.12. The number of rotatable bonds is 8. The predicted molar refractivity (Wildman–Crippen MR) is 130 cm³/mol. The summed E-state index contributed by atoms with van der Waals surface area (Å²) < 4.78 is 13.3. The second-order valence-electron chi connectivity index (χ2n) is 6.35. The van der Waals surface area contributed by atoms with Crippen molar-refractivity contribution in [2.75, 3.05) is 11.9 Å². The first-order valence-electron chi connectivity index (χ1n) is 9.54. The van der Waals surface area contributed by atoms with Gasteiger partial charge in [-0.15, -0.1) is 0 Å². The van der Waals surface area contributed by atoms with Crippen molar-refractivity contribution in [1.29, 1.82) is 0 Å². The molecule has 0 aliphatic heterocycles. The Kier molecular flexibility index (Phi) is 8.49. The Labute approximate surface area is 197 Å². The first-order valence-corrected chi connectivity index (χ1v) is 11.1.